The van der Waals surface area contributed by atoms with Crippen LogP contribution in [0.25, 0.3) is 11.1 Å². The van der Waals surface area contributed by atoms with Crippen molar-refractivity contribution in [1.82, 2.24) is 15.1 Å². The zero-order chi connectivity index (χ0) is 18.6. The van der Waals surface area contributed by atoms with Gasteiger partial charge < -0.3 is 15.0 Å². The number of rotatable bonds is 4. The molecule has 2 aromatic carbocycles. The third-order valence-corrected chi connectivity index (χ3v) is 5.68. The quantitative estimate of drug-likeness (QED) is 0.904. The highest BCUT2D eigenvalue weighted by molar-refractivity contribution is 5.95. The van der Waals surface area contributed by atoms with Gasteiger partial charge >= 0.3 is 0 Å². The summed E-state index contributed by atoms with van der Waals surface area (Å²) in [5.74, 6) is 0.942. The number of para-hydroxylation sites is 1. The van der Waals surface area contributed by atoms with Gasteiger partial charge in [0.2, 0.25) is 0 Å². The number of amides is 1. The summed E-state index contributed by atoms with van der Waals surface area (Å²) in [6.45, 7) is 5.71. The van der Waals surface area contributed by atoms with Crippen LogP contribution in [0.2, 0.25) is 0 Å². The van der Waals surface area contributed by atoms with Crippen molar-refractivity contribution in [2.24, 2.45) is 0 Å². The van der Waals surface area contributed by atoms with Gasteiger partial charge in [0.25, 0.3) is 5.91 Å². The largest absolute Gasteiger partial charge is 0.496 e. The molecule has 142 valence electrons. The Morgan fingerprint density at radius 1 is 1.07 bits per heavy atom. The predicted octanol–water partition coefficient (Wildman–Crippen LogP) is 2.48. The molecular weight excluding hydrogens is 338 g/mol. The first-order valence-corrected chi connectivity index (χ1v) is 9.74. The lowest BCUT2D eigenvalue weighted by Crippen LogP contribution is -2.52. The predicted molar refractivity (Wildman–Crippen MR) is 107 cm³/mol. The number of hydrogen-bond acceptors (Lipinski definition) is 4. The molecule has 2 aliphatic rings. The Labute approximate surface area is 160 Å². The number of hydrogen-bond donors (Lipinski definition) is 1. The minimum absolute atomic E-state index is 0.121. The molecule has 5 nitrogen and oxygen atoms in total. The number of nitrogens with zero attached hydrogens (tertiary/aromatic N) is 2. The highest BCUT2D eigenvalue weighted by Crippen LogP contribution is 2.30. The Balaban J connectivity index is 1.47. The summed E-state index contributed by atoms with van der Waals surface area (Å²) in [6.07, 6.45) is 1.22. The minimum Gasteiger partial charge on any atom is -0.496 e. The molecule has 1 N–H and O–H groups in total. The third kappa shape index (κ3) is 3.84. The van der Waals surface area contributed by atoms with Crippen molar-refractivity contribution < 1.29 is 9.53 Å². The first-order valence-electron chi connectivity index (χ1n) is 9.74. The maximum atomic E-state index is 13.0. The van der Waals surface area contributed by atoms with Crippen molar-refractivity contribution >= 4 is 5.91 Å². The topological polar surface area (TPSA) is 44.8 Å². The molecule has 0 radical (unpaired) electrons. The number of carbonyl (C=O) groups is 1. The highest BCUT2D eigenvalue weighted by Gasteiger charge is 2.28. The second-order valence-electron chi connectivity index (χ2n) is 7.26. The number of ether oxygens (including phenoxy) is 1. The molecule has 2 fully saturated rings. The molecule has 5 heteroatoms. The number of benzene rings is 2. The van der Waals surface area contributed by atoms with E-state index in [4.69, 9.17) is 4.74 Å². The van der Waals surface area contributed by atoms with Gasteiger partial charge in [0, 0.05) is 49.9 Å². The van der Waals surface area contributed by atoms with Crippen LogP contribution in [0.5, 0.6) is 5.75 Å². The molecule has 2 heterocycles. The maximum Gasteiger partial charge on any atom is 0.253 e. The van der Waals surface area contributed by atoms with Crippen LogP contribution in [-0.4, -0.2) is 68.1 Å². The van der Waals surface area contributed by atoms with Crippen molar-refractivity contribution in [3.05, 3.63) is 54.1 Å². The van der Waals surface area contributed by atoms with E-state index in [1.165, 1.54) is 6.42 Å². The normalized spacial score (nSPS) is 20.6. The lowest BCUT2D eigenvalue weighted by Gasteiger charge is -2.37. The maximum absolute atomic E-state index is 13.0. The van der Waals surface area contributed by atoms with E-state index < -0.39 is 0 Å². The Kier molecular flexibility index (Phi) is 5.41. The van der Waals surface area contributed by atoms with Crippen LogP contribution in [0.3, 0.4) is 0 Å². The zero-order valence-corrected chi connectivity index (χ0v) is 15.9. The monoisotopic (exact) mass is 365 g/mol. The SMILES string of the molecule is COc1ccccc1-c1cccc(C(=O)N2CCN([C@@H]3CCNC3)CC2)c1. The molecule has 27 heavy (non-hydrogen) atoms. The van der Waals surface area contributed by atoms with Gasteiger partial charge in [-0.25, -0.2) is 0 Å². The van der Waals surface area contributed by atoms with Crippen LogP contribution in [0.1, 0.15) is 16.8 Å². The fraction of sp³-hybridized carbons (Fsp3) is 0.409. The van der Waals surface area contributed by atoms with Gasteiger partial charge in [0.15, 0.2) is 0 Å². The molecule has 4 rings (SSSR count). The molecule has 1 atom stereocenters. The summed E-state index contributed by atoms with van der Waals surface area (Å²) in [4.78, 5) is 17.5. The van der Waals surface area contributed by atoms with Crippen molar-refractivity contribution in [2.75, 3.05) is 46.4 Å². The molecule has 0 unspecified atom stereocenters. The van der Waals surface area contributed by atoms with Gasteiger partial charge in [-0.15, -0.1) is 0 Å². The summed E-state index contributed by atoms with van der Waals surface area (Å²) in [6, 6.07) is 16.4. The molecule has 2 aromatic rings. The van der Waals surface area contributed by atoms with Crippen molar-refractivity contribution in [1.29, 1.82) is 0 Å². The van der Waals surface area contributed by atoms with Gasteiger partial charge in [-0.3, -0.25) is 9.69 Å². The average Bonchev–Trinajstić information content (AvgIpc) is 3.28. The van der Waals surface area contributed by atoms with Crippen LogP contribution in [0.4, 0.5) is 0 Å². The minimum atomic E-state index is 0.121. The van der Waals surface area contributed by atoms with E-state index in [0.717, 1.165) is 61.7 Å². The summed E-state index contributed by atoms with van der Waals surface area (Å²) in [5, 5.41) is 3.43. The third-order valence-electron chi connectivity index (χ3n) is 5.68. The molecule has 0 saturated carbocycles. The van der Waals surface area contributed by atoms with Gasteiger partial charge in [-0.2, -0.15) is 0 Å². The van der Waals surface area contributed by atoms with Crippen molar-refractivity contribution in [2.45, 2.75) is 12.5 Å². The van der Waals surface area contributed by atoms with Crippen LogP contribution in [-0.2, 0) is 0 Å². The second kappa shape index (κ2) is 8.11. The first kappa shape index (κ1) is 18.0. The second-order valence-corrected chi connectivity index (χ2v) is 7.26. The molecule has 2 saturated heterocycles. The van der Waals surface area contributed by atoms with E-state index in [0.29, 0.717) is 6.04 Å². The van der Waals surface area contributed by atoms with Crippen LogP contribution in [0.15, 0.2) is 48.5 Å². The highest BCUT2D eigenvalue weighted by atomic mass is 16.5. The Morgan fingerprint density at radius 3 is 2.63 bits per heavy atom. The summed E-state index contributed by atoms with van der Waals surface area (Å²) < 4.78 is 5.47. The first-order chi connectivity index (χ1) is 13.3. The lowest BCUT2D eigenvalue weighted by atomic mass is 10.0. The molecule has 0 spiro atoms. The van der Waals surface area contributed by atoms with E-state index >= 15 is 0 Å². The van der Waals surface area contributed by atoms with E-state index in [9.17, 15) is 4.79 Å². The van der Waals surface area contributed by atoms with E-state index in [2.05, 4.69) is 10.2 Å². The van der Waals surface area contributed by atoms with Gasteiger partial charge in [0.1, 0.15) is 5.75 Å². The summed E-state index contributed by atoms with van der Waals surface area (Å²) >= 11 is 0. The van der Waals surface area contributed by atoms with E-state index in [1.54, 1.807) is 7.11 Å². The van der Waals surface area contributed by atoms with Gasteiger partial charge in [-0.1, -0.05) is 30.3 Å². The molecule has 0 aromatic heterocycles. The average molecular weight is 365 g/mol. The summed E-state index contributed by atoms with van der Waals surface area (Å²) in [5.41, 5.74) is 2.76. The molecule has 0 aliphatic carbocycles. The van der Waals surface area contributed by atoms with E-state index in [1.807, 2.05) is 53.4 Å². The van der Waals surface area contributed by atoms with Crippen LogP contribution < -0.4 is 10.1 Å². The Morgan fingerprint density at radius 2 is 1.89 bits per heavy atom. The Bertz CT molecular complexity index is 794. The number of nitrogens with one attached hydrogen (secondary N) is 1. The smallest absolute Gasteiger partial charge is 0.253 e. The standard InChI is InChI=1S/C22H27N3O2/c1-27-21-8-3-2-7-20(21)17-5-4-6-18(15-17)22(26)25-13-11-24(12-14-25)19-9-10-23-16-19/h2-8,15,19,23H,9-14,16H2,1H3/t19-/m1/s1. The molecule has 1 amide bonds. The van der Waals surface area contributed by atoms with Crippen molar-refractivity contribution in [3.63, 3.8) is 0 Å². The molecule has 0 bridgehead atoms. The lowest BCUT2D eigenvalue weighted by molar-refractivity contribution is 0.0584. The fourth-order valence-corrected chi connectivity index (χ4v) is 4.13. The number of methoxy groups -OCH3 is 1. The van der Waals surface area contributed by atoms with Gasteiger partial charge in [0.05, 0.1) is 7.11 Å². The number of carbonyl (C=O) groups excluding carboxylic acids is 1. The van der Waals surface area contributed by atoms with Crippen LogP contribution in [0, 0.1) is 0 Å². The summed E-state index contributed by atoms with van der Waals surface area (Å²) in [7, 11) is 1.67. The fourth-order valence-electron chi connectivity index (χ4n) is 4.13. The van der Waals surface area contributed by atoms with Crippen molar-refractivity contribution in [3.8, 4) is 16.9 Å². The van der Waals surface area contributed by atoms with Gasteiger partial charge in [-0.05, 0) is 36.7 Å². The van der Waals surface area contributed by atoms with E-state index in [-0.39, 0.29) is 5.91 Å². The van der Waals surface area contributed by atoms with Crippen LogP contribution >= 0.6 is 0 Å². The Hall–Kier alpha value is -2.37. The zero-order valence-electron chi connectivity index (χ0n) is 15.9. The molecule has 2 aliphatic heterocycles. The number of piperazine rings is 1. The molecular formula is C22H27N3O2.